The molecule has 2 nitrogen and oxygen atoms in total. The van der Waals surface area contributed by atoms with Crippen molar-refractivity contribution in [3.8, 4) is 11.5 Å². The summed E-state index contributed by atoms with van der Waals surface area (Å²) < 4.78 is 10.6. The van der Waals surface area contributed by atoms with Crippen LogP contribution in [0.4, 0.5) is 0 Å². The highest BCUT2D eigenvalue weighted by molar-refractivity contribution is 5.51. The van der Waals surface area contributed by atoms with Gasteiger partial charge in [-0.15, -0.1) is 6.58 Å². The summed E-state index contributed by atoms with van der Waals surface area (Å²) in [4.78, 5) is 0. The Bertz CT molecular complexity index is 343. The third kappa shape index (κ3) is 2.32. The molecule has 1 aromatic rings. The van der Waals surface area contributed by atoms with E-state index in [1.165, 1.54) is 11.1 Å². The average Bonchev–Trinajstić information content (AvgIpc) is 2.28. The lowest BCUT2D eigenvalue weighted by atomic mass is 10.0. The summed E-state index contributed by atoms with van der Waals surface area (Å²) in [6.45, 7) is 5.87. The van der Waals surface area contributed by atoms with Crippen molar-refractivity contribution < 1.29 is 9.47 Å². The molecule has 0 bridgehead atoms. The molecule has 82 valence electrons. The summed E-state index contributed by atoms with van der Waals surface area (Å²) in [5, 5.41) is 0. The molecule has 0 heterocycles. The minimum Gasteiger partial charge on any atom is -0.493 e. The molecule has 0 aliphatic carbocycles. The maximum absolute atomic E-state index is 5.39. The normalized spacial score (nSPS) is 9.80. The molecule has 1 rings (SSSR count). The Morgan fingerprint density at radius 1 is 1.27 bits per heavy atom. The van der Waals surface area contributed by atoms with Crippen molar-refractivity contribution >= 4 is 0 Å². The quantitative estimate of drug-likeness (QED) is 0.689. The van der Waals surface area contributed by atoms with Crippen LogP contribution in [0.2, 0.25) is 0 Å². The number of methoxy groups -OCH3 is 2. The van der Waals surface area contributed by atoms with Gasteiger partial charge in [-0.25, -0.2) is 0 Å². The fourth-order valence-electron chi connectivity index (χ4n) is 1.77. The zero-order chi connectivity index (χ0) is 11.3. The van der Waals surface area contributed by atoms with E-state index in [0.29, 0.717) is 0 Å². The molecule has 0 aromatic heterocycles. The van der Waals surface area contributed by atoms with Crippen LogP contribution in [-0.2, 0) is 12.8 Å². The molecular weight excluding hydrogens is 188 g/mol. The van der Waals surface area contributed by atoms with Crippen LogP contribution in [0.1, 0.15) is 18.1 Å². The Labute approximate surface area is 91.5 Å². The second-order valence-electron chi connectivity index (χ2n) is 3.29. The minimum absolute atomic E-state index is 0.794. The lowest BCUT2D eigenvalue weighted by Gasteiger charge is -2.15. The van der Waals surface area contributed by atoms with E-state index in [1.54, 1.807) is 14.2 Å². The standard InChI is InChI=1S/C13H18O2/c1-5-7-10-8-9-12(14-3)13(15-4)11(10)6-2/h5,8-9H,1,6-7H2,2-4H3. The zero-order valence-electron chi connectivity index (χ0n) is 9.67. The topological polar surface area (TPSA) is 18.5 Å². The first-order valence-corrected chi connectivity index (χ1v) is 5.12. The van der Waals surface area contributed by atoms with E-state index in [-0.39, 0.29) is 0 Å². The largest absolute Gasteiger partial charge is 0.493 e. The van der Waals surface area contributed by atoms with Crippen LogP contribution in [0.3, 0.4) is 0 Å². The molecule has 1 aromatic carbocycles. The van der Waals surface area contributed by atoms with E-state index in [2.05, 4.69) is 19.6 Å². The summed E-state index contributed by atoms with van der Waals surface area (Å²) in [7, 11) is 3.33. The predicted molar refractivity (Wildman–Crippen MR) is 62.8 cm³/mol. The van der Waals surface area contributed by atoms with Gasteiger partial charge in [-0.2, -0.15) is 0 Å². The van der Waals surface area contributed by atoms with Gasteiger partial charge in [0.15, 0.2) is 11.5 Å². The number of hydrogen-bond acceptors (Lipinski definition) is 2. The molecule has 2 heteroatoms. The van der Waals surface area contributed by atoms with Crippen molar-refractivity contribution in [3.05, 3.63) is 35.9 Å². The number of allylic oxidation sites excluding steroid dienone is 1. The van der Waals surface area contributed by atoms with Crippen LogP contribution >= 0.6 is 0 Å². The minimum atomic E-state index is 0.794. The van der Waals surface area contributed by atoms with Crippen molar-refractivity contribution in [2.45, 2.75) is 19.8 Å². The van der Waals surface area contributed by atoms with Gasteiger partial charge in [-0.3, -0.25) is 0 Å². The van der Waals surface area contributed by atoms with Crippen LogP contribution in [0.25, 0.3) is 0 Å². The maximum atomic E-state index is 5.39. The van der Waals surface area contributed by atoms with Crippen molar-refractivity contribution in [1.82, 2.24) is 0 Å². The van der Waals surface area contributed by atoms with Gasteiger partial charge in [-0.1, -0.05) is 19.1 Å². The molecule has 0 radical (unpaired) electrons. The molecule has 0 N–H and O–H groups in total. The predicted octanol–water partition coefficient (Wildman–Crippen LogP) is 2.99. The molecule has 0 spiro atoms. The van der Waals surface area contributed by atoms with Gasteiger partial charge < -0.3 is 9.47 Å². The van der Waals surface area contributed by atoms with Gasteiger partial charge in [0.25, 0.3) is 0 Å². The fourth-order valence-corrected chi connectivity index (χ4v) is 1.77. The smallest absolute Gasteiger partial charge is 0.164 e. The van der Waals surface area contributed by atoms with Gasteiger partial charge in [0.2, 0.25) is 0 Å². The van der Waals surface area contributed by atoms with E-state index >= 15 is 0 Å². The highest BCUT2D eigenvalue weighted by atomic mass is 16.5. The first kappa shape index (κ1) is 11.6. The molecule has 15 heavy (non-hydrogen) atoms. The Balaban J connectivity index is 3.27. The van der Waals surface area contributed by atoms with Crippen LogP contribution < -0.4 is 9.47 Å². The lowest BCUT2D eigenvalue weighted by molar-refractivity contribution is 0.351. The molecule has 0 aliphatic rings. The summed E-state index contributed by atoms with van der Waals surface area (Å²) in [6, 6.07) is 4.01. The van der Waals surface area contributed by atoms with Crippen LogP contribution in [0.5, 0.6) is 11.5 Å². The molecular formula is C13H18O2. The van der Waals surface area contributed by atoms with E-state index in [1.807, 2.05) is 12.1 Å². The van der Waals surface area contributed by atoms with Crippen molar-refractivity contribution in [2.24, 2.45) is 0 Å². The van der Waals surface area contributed by atoms with Gasteiger partial charge in [0, 0.05) is 5.56 Å². The summed E-state index contributed by atoms with van der Waals surface area (Å²) in [6.07, 6.45) is 3.70. The second kappa shape index (κ2) is 5.44. The van der Waals surface area contributed by atoms with Gasteiger partial charge in [0.05, 0.1) is 14.2 Å². The molecule has 0 fully saturated rings. The zero-order valence-corrected chi connectivity index (χ0v) is 9.67. The third-order valence-corrected chi connectivity index (χ3v) is 2.46. The molecule has 0 saturated heterocycles. The monoisotopic (exact) mass is 206 g/mol. The molecule has 0 aliphatic heterocycles. The van der Waals surface area contributed by atoms with Crippen LogP contribution in [0.15, 0.2) is 24.8 Å². The lowest BCUT2D eigenvalue weighted by Crippen LogP contribution is -1.99. The number of rotatable bonds is 5. The first-order valence-electron chi connectivity index (χ1n) is 5.12. The maximum Gasteiger partial charge on any atom is 0.164 e. The number of benzene rings is 1. The molecule has 0 unspecified atom stereocenters. The van der Waals surface area contributed by atoms with Gasteiger partial charge in [-0.05, 0) is 24.5 Å². The second-order valence-corrected chi connectivity index (χ2v) is 3.29. The molecule has 0 saturated carbocycles. The van der Waals surface area contributed by atoms with E-state index in [9.17, 15) is 0 Å². The van der Waals surface area contributed by atoms with E-state index < -0.39 is 0 Å². The van der Waals surface area contributed by atoms with Crippen molar-refractivity contribution in [2.75, 3.05) is 14.2 Å². The highest BCUT2D eigenvalue weighted by Gasteiger charge is 2.12. The summed E-state index contributed by atoms with van der Waals surface area (Å²) in [5.41, 5.74) is 2.46. The molecule has 0 atom stereocenters. The first-order chi connectivity index (χ1) is 7.28. The average molecular weight is 206 g/mol. The Morgan fingerprint density at radius 2 is 2.00 bits per heavy atom. The number of ether oxygens (including phenoxy) is 2. The number of hydrogen-bond donors (Lipinski definition) is 0. The van der Waals surface area contributed by atoms with Crippen LogP contribution in [-0.4, -0.2) is 14.2 Å². The van der Waals surface area contributed by atoms with Crippen molar-refractivity contribution in [3.63, 3.8) is 0 Å². The molecule has 0 amide bonds. The van der Waals surface area contributed by atoms with Crippen LogP contribution in [0, 0.1) is 0 Å². The SMILES string of the molecule is C=CCc1ccc(OC)c(OC)c1CC. The van der Waals surface area contributed by atoms with Gasteiger partial charge in [0.1, 0.15) is 0 Å². The summed E-state index contributed by atoms with van der Waals surface area (Å²) in [5.74, 6) is 1.64. The third-order valence-electron chi connectivity index (χ3n) is 2.46. The van der Waals surface area contributed by atoms with Gasteiger partial charge >= 0.3 is 0 Å². The Kier molecular flexibility index (Phi) is 4.22. The Morgan fingerprint density at radius 3 is 2.47 bits per heavy atom. The highest BCUT2D eigenvalue weighted by Crippen LogP contribution is 2.34. The fraction of sp³-hybridized carbons (Fsp3) is 0.385. The van der Waals surface area contributed by atoms with E-state index in [4.69, 9.17) is 9.47 Å². The Hall–Kier alpha value is -1.44. The summed E-state index contributed by atoms with van der Waals surface area (Å²) >= 11 is 0. The van der Waals surface area contributed by atoms with E-state index in [0.717, 1.165) is 24.3 Å². The van der Waals surface area contributed by atoms with Crippen molar-refractivity contribution in [1.29, 1.82) is 0 Å².